The molecule has 0 aromatic heterocycles. The number of hydrogen-bond donors (Lipinski definition) is 2. The SMILES string of the molecule is COc1cc(CNCCCCCO)cc(Br)c1OCc1ccc(C)cc1.Cl. The smallest absolute Gasteiger partial charge is 0.175 e. The Kier molecular flexibility index (Phi) is 11.4. The molecule has 0 unspecified atom stereocenters. The maximum atomic E-state index is 8.79. The number of aliphatic hydroxyl groups excluding tert-OH is 1. The Morgan fingerprint density at radius 2 is 1.78 bits per heavy atom. The number of hydrogen-bond acceptors (Lipinski definition) is 4. The first kappa shape index (κ1) is 23.8. The van der Waals surface area contributed by atoms with Crippen LogP contribution in [0.2, 0.25) is 0 Å². The van der Waals surface area contributed by atoms with Gasteiger partial charge in [0.05, 0.1) is 11.6 Å². The number of unbranched alkanes of at least 4 members (excludes halogenated alkanes) is 2. The number of aliphatic hydroxyl groups is 1. The first-order valence-corrected chi connectivity index (χ1v) is 9.79. The monoisotopic (exact) mass is 457 g/mol. The molecule has 0 saturated heterocycles. The van der Waals surface area contributed by atoms with Crippen LogP contribution in [0.1, 0.15) is 36.0 Å². The minimum atomic E-state index is 0. The van der Waals surface area contributed by atoms with E-state index in [0.717, 1.165) is 59.5 Å². The largest absolute Gasteiger partial charge is 0.493 e. The van der Waals surface area contributed by atoms with Gasteiger partial charge in [-0.15, -0.1) is 12.4 Å². The van der Waals surface area contributed by atoms with Crippen molar-refractivity contribution in [3.05, 3.63) is 57.6 Å². The van der Waals surface area contributed by atoms with Crippen LogP contribution in [0.25, 0.3) is 0 Å². The average Bonchev–Trinajstić information content (AvgIpc) is 2.64. The van der Waals surface area contributed by atoms with Crippen molar-refractivity contribution in [3.63, 3.8) is 0 Å². The Morgan fingerprint density at radius 3 is 2.44 bits per heavy atom. The van der Waals surface area contributed by atoms with E-state index >= 15 is 0 Å². The Morgan fingerprint density at radius 1 is 1.04 bits per heavy atom. The summed E-state index contributed by atoms with van der Waals surface area (Å²) in [5, 5.41) is 12.2. The van der Waals surface area contributed by atoms with E-state index in [1.807, 2.05) is 6.07 Å². The lowest BCUT2D eigenvalue weighted by molar-refractivity contribution is 0.282. The van der Waals surface area contributed by atoms with Crippen LogP contribution in [0.5, 0.6) is 11.5 Å². The minimum Gasteiger partial charge on any atom is -0.493 e. The van der Waals surface area contributed by atoms with E-state index in [1.54, 1.807) is 7.11 Å². The van der Waals surface area contributed by atoms with Gasteiger partial charge in [-0.2, -0.15) is 0 Å². The second-order valence-corrected chi connectivity index (χ2v) is 7.20. The lowest BCUT2D eigenvalue weighted by Crippen LogP contribution is -2.15. The van der Waals surface area contributed by atoms with Crippen molar-refractivity contribution >= 4 is 28.3 Å². The van der Waals surface area contributed by atoms with Crippen molar-refractivity contribution in [2.24, 2.45) is 0 Å². The Balaban J connectivity index is 0.00000364. The molecule has 0 radical (unpaired) electrons. The molecule has 2 rings (SSSR count). The molecule has 6 heteroatoms. The summed E-state index contributed by atoms with van der Waals surface area (Å²) in [5.41, 5.74) is 3.50. The maximum Gasteiger partial charge on any atom is 0.175 e. The van der Waals surface area contributed by atoms with Crippen LogP contribution in [0.3, 0.4) is 0 Å². The summed E-state index contributed by atoms with van der Waals surface area (Å²) < 4.78 is 12.4. The van der Waals surface area contributed by atoms with Gasteiger partial charge in [0.2, 0.25) is 0 Å². The molecule has 0 heterocycles. The van der Waals surface area contributed by atoms with Gasteiger partial charge in [-0.25, -0.2) is 0 Å². The second-order valence-electron chi connectivity index (χ2n) is 6.34. The molecule has 0 aliphatic carbocycles. The molecule has 0 spiro atoms. The number of aryl methyl sites for hydroxylation is 1. The molecular weight excluding hydrogens is 430 g/mol. The highest BCUT2D eigenvalue weighted by Gasteiger charge is 2.12. The van der Waals surface area contributed by atoms with Crippen LogP contribution in [0.15, 0.2) is 40.9 Å². The molecule has 150 valence electrons. The van der Waals surface area contributed by atoms with E-state index in [-0.39, 0.29) is 19.0 Å². The van der Waals surface area contributed by atoms with E-state index < -0.39 is 0 Å². The van der Waals surface area contributed by atoms with Crippen molar-refractivity contribution in [3.8, 4) is 11.5 Å². The molecule has 2 aromatic carbocycles. The number of methoxy groups -OCH3 is 1. The zero-order valence-electron chi connectivity index (χ0n) is 16.0. The van der Waals surface area contributed by atoms with Crippen LogP contribution in [0, 0.1) is 6.92 Å². The van der Waals surface area contributed by atoms with Crippen molar-refractivity contribution in [1.82, 2.24) is 5.32 Å². The van der Waals surface area contributed by atoms with Crippen molar-refractivity contribution in [2.45, 2.75) is 39.3 Å². The van der Waals surface area contributed by atoms with E-state index in [9.17, 15) is 0 Å². The van der Waals surface area contributed by atoms with Crippen LogP contribution in [-0.2, 0) is 13.2 Å². The van der Waals surface area contributed by atoms with Gasteiger partial charge < -0.3 is 19.9 Å². The summed E-state index contributed by atoms with van der Waals surface area (Å²) in [6.45, 7) is 4.55. The Hall–Kier alpha value is -1.27. The van der Waals surface area contributed by atoms with E-state index in [4.69, 9.17) is 14.6 Å². The van der Waals surface area contributed by atoms with Crippen molar-refractivity contribution in [1.29, 1.82) is 0 Å². The molecule has 27 heavy (non-hydrogen) atoms. The van der Waals surface area contributed by atoms with E-state index in [0.29, 0.717) is 6.61 Å². The minimum absolute atomic E-state index is 0. The molecular formula is C21H29BrClNO3. The van der Waals surface area contributed by atoms with Gasteiger partial charge in [0, 0.05) is 13.2 Å². The molecule has 0 atom stereocenters. The topological polar surface area (TPSA) is 50.7 Å². The summed E-state index contributed by atoms with van der Waals surface area (Å²) in [6.07, 6.45) is 2.98. The van der Waals surface area contributed by atoms with Gasteiger partial charge >= 0.3 is 0 Å². The zero-order chi connectivity index (χ0) is 18.8. The normalized spacial score (nSPS) is 10.4. The summed E-state index contributed by atoms with van der Waals surface area (Å²) >= 11 is 3.61. The number of rotatable bonds is 11. The summed E-state index contributed by atoms with van der Waals surface area (Å²) in [6, 6.07) is 12.4. The molecule has 2 N–H and O–H groups in total. The number of nitrogens with one attached hydrogen (secondary N) is 1. The Labute approximate surface area is 176 Å². The van der Waals surface area contributed by atoms with Gasteiger partial charge in [-0.1, -0.05) is 29.8 Å². The third-order valence-electron chi connectivity index (χ3n) is 4.13. The van der Waals surface area contributed by atoms with Crippen LogP contribution in [0.4, 0.5) is 0 Å². The highest BCUT2D eigenvalue weighted by atomic mass is 79.9. The fourth-order valence-corrected chi connectivity index (χ4v) is 3.23. The lowest BCUT2D eigenvalue weighted by atomic mass is 10.1. The van der Waals surface area contributed by atoms with Gasteiger partial charge in [0.25, 0.3) is 0 Å². The van der Waals surface area contributed by atoms with E-state index in [1.165, 1.54) is 5.56 Å². The zero-order valence-corrected chi connectivity index (χ0v) is 18.4. The molecule has 0 saturated carbocycles. The number of benzene rings is 2. The molecule has 0 fully saturated rings. The lowest BCUT2D eigenvalue weighted by Gasteiger charge is -2.15. The van der Waals surface area contributed by atoms with E-state index in [2.05, 4.69) is 58.5 Å². The predicted molar refractivity (Wildman–Crippen MR) is 116 cm³/mol. The molecule has 4 nitrogen and oxygen atoms in total. The second kappa shape index (κ2) is 13.0. The van der Waals surface area contributed by atoms with Gasteiger partial charge in [-0.05, 0) is 71.9 Å². The van der Waals surface area contributed by atoms with Crippen molar-refractivity contribution in [2.75, 3.05) is 20.3 Å². The highest BCUT2D eigenvalue weighted by molar-refractivity contribution is 9.10. The average molecular weight is 459 g/mol. The summed E-state index contributed by atoms with van der Waals surface area (Å²) in [5.74, 6) is 1.45. The Bertz CT molecular complexity index is 680. The fourth-order valence-electron chi connectivity index (χ4n) is 2.63. The summed E-state index contributed by atoms with van der Waals surface area (Å²) in [4.78, 5) is 0. The fraction of sp³-hybridized carbons (Fsp3) is 0.429. The molecule has 0 aliphatic heterocycles. The third kappa shape index (κ3) is 8.09. The van der Waals surface area contributed by atoms with Crippen LogP contribution in [-0.4, -0.2) is 25.4 Å². The highest BCUT2D eigenvalue weighted by Crippen LogP contribution is 2.37. The molecule has 0 aliphatic rings. The van der Waals surface area contributed by atoms with Gasteiger partial charge in [-0.3, -0.25) is 0 Å². The molecule has 0 bridgehead atoms. The van der Waals surface area contributed by atoms with Crippen LogP contribution >= 0.6 is 28.3 Å². The summed E-state index contributed by atoms with van der Waals surface area (Å²) in [7, 11) is 1.66. The quantitative estimate of drug-likeness (QED) is 0.464. The third-order valence-corrected chi connectivity index (χ3v) is 4.72. The van der Waals surface area contributed by atoms with Gasteiger partial charge in [0.1, 0.15) is 6.61 Å². The van der Waals surface area contributed by atoms with Crippen molar-refractivity contribution < 1.29 is 14.6 Å². The standard InChI is InChI=1S/C21H28BrNO3.ClH/c1-16-6-8-17(9-7-16)15-26-21-19(22)12-18(13-20(21)25-2)14-23-10-4-3-5-11-24;/h6-9,12-13,23-24H,3-5,10-11,14-15H2,1-2H3;1H. The number of halogens is 2. The van der Waals surface area contributed by atoms with Gasteiger partial charge in [0.15, 0.2) is 11.5 Å². The molecule has 0 amide bonds. The number of ether oxygens (including phenoxy) is 2. The predicted octanol–water partition coefficient (Wildman–Crippen LogP) is 5.02. The van der Waals surface area contributed by atoms with Crippen LogP contribution < -0.4 is 14.8 Å². The first-order valence-electron chi connectivity index (χ1n) is 9.00. The molecule has 2 aromatic rings. The maximum absolute atomic E-state index is 8.79. The first-order chi connectivity index (χ1) is 12.6.